The van der Waals surface area contributed by atoms with Crippen LogP contribution in [0.1, 0.15) is 49.1 Å². The molecule has 2 fully saturated rings. The van der Waals surface area contributed by atoms with E-state index in [9.17, 15) is 14.3 Å². The largest absolute Gasteiger partial charge is 0.497 e. The summed E-state index contributed by atoms with van der Waals surface area (Å²) in [6, 6.07) is 12.8. The third kappa shape index (κ3) is 4.39. The van der Waals surface area contributed by atoms with E-state index in [-0.39, 0.29) is 17.7 Å². The minimum atomic E-state index is -0.754. The van der Waals surface area contributed by atoms with E-state index in [2.05, 4.69) is 0 Å². The van der Waals surface area contributed by atoms with Crippen molar-refractivity contribution in [2.24, 2.45) is 17.8 Å². The third-order valence-electron chi connectivity index (χ3n) is 6.29. The molecule has 0 amide bonds. The summed E-state index contributed by atoms with van der Waals surface area (Å²) >= 11 is 0. The van der Waals surface area contributed by atoms with Crippen molar-refractivity contribution in [2.45, 2.75) is 38.0 Å². The van der Waals surface area contributed by atoms with E-state index in [0.29, 0.717) is 24.2 Å². The van der Waals surface area contributed by atoms with Gasteiger partial charge in [0.2, 0.25) is 0 Å². The first-order chi connectivity index (χ1) is 14.0. The van der Waals surface area contributed by atoms with Crippen LogP contribution in [0.5, 0.6) is 11.5 Å². The number of carbonyl (C=O) groups is 1. The van der Waals surface area contributed by atoms with Crippen LogP contribution in [-0.2, 0) is 4.79 Å². The molecule has 5 heteroatoms. The molecule has 154 valence electrons. The van der Waals surface area contributed by atoms with Crippen LogP contribution < -0.4 is 9.47 Å². The van der Waals surface area contributed by atoms with Crippen molar-refractivity contribution in [2.75, 3.05) is 13.7 Å². The van der Waals surface area contributed by atoms with Gasteiger partial charge in [-0.3, -0.25) is 4.79 Å². The lowest BCUT2D eigenvalue weighted by molar-refractivity contribution is -0.142. The molecule has 4 nitrogen and oxygen atoms in total. The molecule has 0 spiro atoms. The molecule has 0 bridgehead atoms. The van der Waals surface area contributed by atoms with E-state index in [0.717, 1.165) is 36.1 Å². The fourth-order valence-electron chi connectivity index (χ4n) is 4.34. The highest BCUT2D eigenvalue weighted by Crippen LogP contribution is 2.49. The van der Waals surface area contributed by atoms with E-state index < -0.39 is 11.9 Å². The van der Waals surface area contributed by atoms with Gasteiger partial charge in [0, 0.05) is 12.0 Å². The predicted octanol–water partition coefficient (Wildman–Crippen LogP) is 5.23. The Morgan fingerprint density at radius 3 is 2.66 bits per heavy atom. The van der Waals surface area contributed by atoms with Gasteiger partial charge in [0.25, 0.3) is 0 Å². The number of carboxylic acid groups (broad SMARTS) is 1. The highest BCUT2D eigenvalue weighted by atomic mass is 19.1. The molecule has 0 unspecified atom stereocenters. The number of ether oxygens (including phenoxy) is 2. The summed E-state index contributed by atoms with van der Waals surface area (Å²) in [7, 11) is 1.53. The molecule has 0 radical (unpaired) electrons. The van der Waals surface area contributed by atoms with Gasteiger partial charge < -0.3 is 14.6 Å². The number of hydrogen-bond acceptors (Lipinski definition) is 3. The van der Waals surface area contributed by atoms with Crippen LogP contribution in [-0.4, -0.2) is 24.8 Å². The molecule has 2 aliphatic rings. The van der Waals surface area contributed by atoms with Crippen molar-refractivity contribution in [3.8, 4) is 11.5 Å². The van der Waals surface area contributed by atoms with Crippen molar-refractivity contribution in [1.82, 2.24) is 0 Å². The number of halogens is 1. The molecule has 0 aromatic heterocycles. The molecule has 2 aromatic rings. The summed E-state index contributed by atoms with van der Waals surface area (Å²) < 4.78 is 25.3. The van der Waals surface area contributed by atoms with Crippen LogP contribution in [0.3, 0.4) is 0 Å². The quantitative estimate of drug-likeness (QED) is 0.628. The van der Waals surface area contributed by atoms with Crippen LogP contribution in [0.25, 0.3) is 0 Å². The highest BCUT2D eigenvalue weighted by Gasteiger charge is 2.41. The maximum Gasteiger partial charge on any atom is 0.306 e. The van der Waals surface area contributed by atoms with E-state index in [1.165, 1.54) is 13.2 Å². The molecule has 29 heavy (non-hydrogen) atoms. The van der Waals surface area contributed by atoms with Gasteiger partial charge >= 0.3 is 5.97 Å². The summed E-state index contributed by atoms with van der Waals surface area (Å²) in [6.45, 7) is 2.32. The minimum absolute atomic E-state index is 0.0260. The summed E-state index contributed by atoms with van der Waals surface area (Å²) in [6.07, 6.45) is 3.08. The average Bonchev–Trinajstić information content (AvgIpc) is 3.62. The maximum atomic E-state index is 14.3. The second-order valence-corrected chi connectivity index (χ2v) is 8.36. The Kier molecular flexibility index (Phi) is 5.48. The molecule has 2 aromatic carbocycles. The molecule has 0 aliphatic heterocycles. The Morgan fingerprint density at radius 2 is 2.00 bits per heavy atom. The van der Waals surface area contributed by atoms with Gasteiger partial charge in [-0.1, -0.05) is 25.1 Å². The predicted molar refractivity (Wildman–Crippen MR) is 108 cm³/mol. The monoisotopic (exact) mass is 398 g/mol. The molecular formula is C24H27FO4. The van der Waals surface area contributed by atoms with Crippen molar-refractivity contribution in [3.63, 3.8) is 0 Å². The Bertz CT molecular complexity index is 892. The topological polar surface area (TPSA) is 55.8 Å². The molecule has 2 aliphatic carbocycles. The Hall–Kier alpha value is -2.56. The Morgan fingerprint density at radius 1 is 1.21 bits per heavy atom. The smallest absolute Gasteiger partial charge is 0.306 e. The standard InChI is InChI=1S/C24H27FO4/c1-14(24(26)27)23(15-6-7-15)16-4-3-5-19(10-16)29-13-17-11-21(17)20-9-8-18(28-2)12-22(20)25/h3-5,8-10,12,14-15,17,21,23H,6-7,11,13H2,1-2H3,(H,26,27)/t14-,17+,21-,23-/m0/s1. The highest BCUT2D eigenvalue weighted by molar-refractivity contribution is 5.71. The van der Waals surface area contributed by atoms with Gasteiger partial charge in [0.05, 0.1) is 19.6 Å². The van der Waals surface area contributed by atoms with Gasteiger partial charge in [-0.15, -0.1) is 0 Å². The molecule has 0 heterocycles. The van der Waals surface area contributed by atoms with E-state index in [1.54, 1.807) is 19.1 Å². The normalized spacial score (nSPS) is 22.6. The number of carboxylic acids is 1. The van der Waals surface area contributed by atoms with Crippen molar-refractivity contribution < 1.29 is 23.8 Å². The summed E-state index contributed by atoms with van der Waals surface area (Å²) in [4.78, 5) is 11.5. The van der Waals surface area contributed by atoms with Crippen LogP contribution in [0.15, 0.2) is 42.5 Å². The van der Waals surface area contributed by atoms with E-state index in [4.69, 9.17) is 9.47 Å². The van der Waals surface area contributed by atoms with Gasteiger partial charge in [0.15, 0.2) is 0 Å². The Balaban J connectivity index is 1.39. The first kappa shape index (κ1) is 19.7. The van der Waals surface area contributed by atoms with Gasteiger partial charge in [-0.05, 0) is 66.3 Å². The molecule has 4 rings (SSSR count). The molecule has 1 N–H and O–H groups in total. The number of benzene rings is 2. The SMILES string of the molecule is COc1ccc([C@H]2C[C@@H]2COc2cccc([C@H](C3CC3)[C@H](C)C(=O)O)c2)c(F)c1. The van der Waals surface area contributed by atoms with E-state index >= 15 is 0 Å². The molecular weight excluding hydrogens is 371 g/mol. The molecule has 0 saturated heterocycles. The van der Waals surface area contributed by atoms with Gasteiger partial charge in [0.1, 0.15) is 17.3 Å². The Labute approximate surface area is 170 Å². The second kappa shape index (κ2) is 8.05. The van der Waals surface area contributed by atoms with Crippen LogP contribution in [0, 0.1) is 23.6 Å². The lowest BCUT2D eigenvalue weighted by Gasteiger charge is -2.21. The average molecular weight is 398 g/mol. The number of methoxy groups -OCH3 is 1. The lowest BCUT2D eigenvalue weighted by atomic mass is 9.83. The minimum Gasteiger partial charge on any atom is -0.497 e. The van der Waals surface area contributed by atoms with Gasteiger partial charge in [-0.25, -0.2) is 4.39 Å². The lowest BCUT2D eigenvalue weighted by Crippen LogP contribution is -2.20. The molecule has 4 atom stereocenters. The van der Waals surface area contributed by atoms with Gasteiger partial charge in [-0.2, -0.15) is 0 Å². The third-order valence-corrected chi connectivity index (χ3v) is 6.29. The number of rotatable bonds is 9. The summed E-state index contributed by atoms with van der Waals surface area (Å²) in [5.74, 6) is 0.825. The van der Waals surface area contributed by atoms with Crippen molar-refractivity contribution in [1.29, 1.82) is 0 Å². The van der Waals surface area contributed by atoms with E-state index in [1.807, 2.05) is 24.3 Å². The zero-order chi connectivity index (χ0) is 20.5. The molecule has 2 saturated carbocycles. The second-order valence-electron chi connectivity index (χ2n) is 8.36. The van der Waals surface area contributed by atoms with Crippen LogP contribution in [0.4, 0.5) is 4.39 Å². The first-order valence-electron chi connectivity index (χ1n) is 10.3. The maximum absolute atomic E-state index is 14.3. The summed E-state index contributed by atoms with van der Waals surface area (Å²) in [5.41, 5.74) is 1.76. The van der Waals surface area contributed by atoms with Crippen molar-refractivity contribution >= 4 is 5.97 Å². The summed E-state index contributed by atoms with van der Waals surface area (Å²) in [5, 5.41) is 9.47. The van der Waals surface area contributed by atoms with Crippen LogP contribution in [0.2, 0.25) is 0 Å². The zero-order valence-corrected chi connectivity index (χ0v) is 16.8. The fraction of sp³-hybridized carbons (Fsp3) is 0.458. The first-order valence-corrected chi connectivity index (χ1v) is 10.3. The van der Waals surface area contributed by atoms with Crippen LogP contribution >= 0.6 is 0 Å². The fourth-order valence-corrected chi connectivity index (χ4v) is 4.34. The number of aliphatic carboxylic acids is 1. The van der Waals surface area contributed by atoms with Crippen molar-refractivity contribution in [3.05, 3.63) is 59.4 Å². The zero-order valence-electron chi connectivity index (χ0n) is 16.8. The number of hydrogen-bond donors (Lipinski definition) is 1.